The Balaban J connectivity index is 1.38. The summed E-state index contributed by atoms with van der Waals surface area (Å²) in [4.78, 5) is 30.7. The quantitative estimate of drug-likeness (QED) is 0.522. The van der Waals surface area contributed by atoms with E-state index in [0.29, 0.717) is 34.3 Å². The lowest BCUT2D eigenvalue weighted by Crippen LogP contribution is -2.34. The zero-order valence-corrected chi connectivity index (χ0v) is 17.2. The maximum atomic E-state index is 12.5. The first-order valence-electron chi connectivity index (χ1n) is 9.62. The topological polar surface area (TPSA) is 72.1 Å². The predicted molar refractivity (Wildman–Crippen MR) is 117 cm³/mol. The Kier molecular flexibility index (Phi) is 4.47. The zero-order valence-electron chi connectivity index (χ0n) is 16.4. The highest BCUT2D eigenvalue weighted by molar-refractivity contribution is 8.18. The van der Waals surface area contributed by atoms with Crippen LogP contribution in [0.3, 0.4) is 0 Å². The highest BCUT2D eigenvalue weighted by Gasteiger charge is 2.36. The number of ether oxygens (including phenoxy) is 1. The minimum absolute atomic E-state index is 0.177. The van der Waals surface area contributed by atoms with Gasteiger partial charge in [0.15, 0.2) is 5.90 Å². The highest BCUT2D eigenvalue weighted by Crippen LogP contribution is 2.35. The molecule has 5 rings (SSSR count). The number of imide groups is 1. The molecule has 1 fully saturated rings. The van der Waals surface area contributed by atoms with E-state index < -0.39 is 0 Å². The van der Waals surface area contributed by atoms with Gasteiger partial charge >= 0.3 is 0 Å². The third-order valence-corrected chi connectivity index (χ3v) is 5.82. The third kappa shape index (κ3) is 3.31. The molecule has 6 nitrogen and oxygen atoms in total. The van der Waals surface area contributed by atoms with E-state index in [0.717, 1.165) is 28.4 Å². The summed E-state index contributed by atoms with van der Waals surface area (Å²) in [6, 6.07) is 15.2. The number of hydrogen-bond acceptors (Lipinski definition) is 6. The van der Waals surface area contributed by atoms with Crippen molar-refractivity contribution in [2.75, 3.05) is 0 Å². The molecule has 0 spiro atoms. The number of amides is 2. The van der Waals surface area contributed by atoms with E-state index in [-0.39, 0.29) is 17.2 Å². The van der Waals surface area contributed by atoms with Gasteiger partial charge in [-0.05, 0) is 55.4 Å². The van der Waals surface area contributed by atoms with Gasteiger partial charge in [-0.2, -0.15) is 0 Å². The van der Waals surface area contributed by atoms with Crippen molar-refractivity contribution in [3.05, 3.63) is 64.8 Å². The van der Waals surface area contributed by atoms with Crippen molar-refractivity contribution in [3.8, 4) is 5.75 Å². The van der Waals surface area contributed by atoms with Crippen LogP contribution in [0.1, 0.15) is 25.2 Å². The average Bonchev–Trinajstić information content (AvgIpc) is 3.36. The Bertz CT molecular complexity index is 1260. The molecule has 1 aromatic heterocycles. The highest BCUT2D eigenvalue weighted by atomic mass is 32.2. The van der Waals surface area contributed by atoms with Crippen molar-refractivity contribution < 1.29 is 18.7 Å². The van der Waals surface area contributed by atoms with Crippen LogP contribution in [-0.4, -0.2) is 28.0 Å². The number of nitrogens with zero attached hydrogens (tertiary/aromatic N) is 2. The monoisotopic (exact) mass is 418 g/mol. The maximum Gasteiger partial charge on any atom is 0.293 e. The van der Waals surface area contributed by atoms with Gasteiger partial charge in [-0.1, -0.05) is 18.2 Å². The summed E-state index contributed by atoms with van der Waals surface area (Å²) in [6.45, 7) is 3.63. The maximum absolute atomic E-state index is 12.5. The van der Waals surface area contributed by atoms with E-state index >= 15 is 0 Å². The zero-order chi connectivity index (χ0) is 20.8. The Labute approximate surface area is 177 Å². The van der Waals surface area contributed by atoms with Crippen molar-refractivity contribution in [3.63, 3.8) is 0 Å². The number of aliphatic imine (C=N–C) groups is 1. The van der Waals surface area contributed by atoms with Crippen molar-refractivity contribution in [2.24, 2.45) is 4.99 Å². The fourth-order valence-electron chi connectivity index (χ4n) is 3.52. The van der Waals surface area contributed by atoms with Crippen LogP contribution >= 0.6 is 11.8 Å². The standard InChI is InChI=1S/C23H18N2O4S/c1-13(2)25-22(26)20(30-23(25)27)12-17-9-15-7-8-16(11-19(15)28-17)29-21-10-14-5-3-4-6-18(14)24-21/h3-9,11-13H,10H2,1-2H3/b20-12-. The Morgan fingerprint density at radius 2 is 2.00 bits per heavy atom. The number of fused-ring (bicyclic) bond motifs is 2. The van der Waals surface area contributed by atoms with Crippen molar-refractivity contribution in [1.82, 2.24) is 4.90 Å². The molecule has 2 aliphatic heterocycles. The summed E-state index contributed by atoms with van der Waals surface area (Å²) < 4.78 is 11.8. The van der Waals surface area contributed by atoms with Gasteiger partial charge in [0.05, 0.1) is 17.0 Å². The molecular weight excluding hydrogens is 400 g/mol. The predicted octanol–water partition coefficient (Wildman–Crippen LogP) is 5.54. The minimum Gasteiger partial charge on any atom is -0.457 e. The number of carbonyl (C=O) groups excluding carboxylic acids is 2. The molecule has 0 saturated carbocycles. The molecule has 0 bridgehead atoms. The van der Waals surface area contributed by atoms with Crippen LogP contribution in [0.4, 0.5) is 10.5 Å². The summed E-state index contributed by atoms with van der Waals surface area (Å²) in [6.07, 6.45) is 2.27. The van der Waals surface area contributed by atoms with E-state index in [4.69, 9.17) is 9.15 Å². The smallest absolute Gasteiger partial charge is 0.293 e. The molecule has 3 heterocycles. The molecular formula is C23H18N2O4S. The molecule has 0 radical (unpaired) electrons. The van der Waals surface area contributed by atoms with Crippen LogP contribution in [0, 0.1) is 0 Å². The second-order valence-electron chi connectivity index (χ2n) is 7.41. The first kappa shape index (κ1) is 18.7. The molecule has 0 atom stereocenters. The van der Waals surface area contributed by atoms with Crippen molar-refractivity contribution >= 4 is 51.5 Å². The second kappa shape index (κ2) is 7.18. The molecule has 1 saturated heterocycles. The molecule has 2 amide bonds. The van der Waals surface area contributed by atoms with Gasteiger partial charge in [-0.15, -0.1) is 0 Å². The van der Waals surface area contributed by atoms with E-state index in [1.54, 1.807) is 12.1 Å². The first-order valence-corrected chi connectivity index (χ1v) is 10.4. The lowest BCUT2D eigenvalue weighted by Gasteiger charge is -2.16. The fourth-order valence-corrected chi connectivity index (χ4v) is 4.46. The second-order valence-corrected chi connectivity index (χ2v) is 8.40. The van der Waals surface area contributed by atoms with E-state index in [9.17, 15) is 9.59 Å². The largest absolute Gasteiger partial charge is 0.457 e. The summed E-state index contributed by atoms with van der Waals surface area (Å²) >= 11 is 0.931. The molecule has 30 heavy (non-hydrogen) atoms. The lowest BCUT2D eigenvalue weighted by molar-refractivity contribution is -0.123. The Morgan fingerprint density at radius 1 is 1.17 bits per heavy atom. The van der Waals surface area contributed by atoms with Crippen LogP contribution in [0.5, 0.6) is 5.75 Å². The first-order chi connectivity index (χ1) is 14.5. The minimum atomic E-state index is -0.289. The van der Waals surface area contributed by atoms with Crippen LogP contribution in [0.15, 0.2) is 62.8 Å². The molecule has 150 valence electrons. The average molecular weight is 418 g/mol. The van der Waals surface area contributed by atoms with Crippen LogP contribution < -0.4 is 4.74 Å². The summed E-state index contributed by atoms with van der Waals surface area (Å²) in [5, 5.41) is 0.625. The van der Waals surface area contributed by atoms with Gasteiger partial charge in [0.1, 0.15) is 17.1 Å². The summed E-state index contributed by atoms with van der Waals surface area (Å²) in [5.74, 6) is 1.50. The lowest BCUT2D eigenvalue weighted by atomic mass is 10.1. The van der Waals surface area contributed by atoms with E-state index in [1.807, 2.05) is 56.3 Å². The van der Waals surface area contributed by atoms with Crippen molar-refractivity contribution in [1.29, 1.82) is 0 Å². The van der Waals surface area contributed by atoms with Gasteiger partial charge in [0.25, 0.3) is 11.1 Å². The number of rotatable bonds is 3. The van der Waals surface area contributed by atoms with Gasteiger partial charge in [0, 0.05) is 23.6 Å². The molecule has 0 aliphatic carbocycles. The van der Waals surface area contributed by atoms with Gasteiger partial charge in [0.2, 0.25) is 0 Å². The SMILES string of the molecule is CC(C)N1C(=O)S/C(=C\c2cc3ccc(OC4=Nc5ccccc5C4)cc3o2)C1=O. The molecule has 3 aromatic rings. The Hall–Kier alpha value is -3.32. The van der Waals surface area contributed by atoms with Gasteiger partial charge in [-0.25, -0.2) is 4.99 Å². The molecule has 2 aromatic carbocycles. The van der Waals surface area contributed by atoms with E-state index in [1.165, 1.54) is 4.90 Å². The van der Waals surface area contributed by atoms with Crippen LogP contribution in [-0.2, 0) is 11.2 Å². The number of hydrogen-bond donors (Lipinski definition) is 0. The summed E-state index contributed by atoms with van der Waals surface area (Å²) in [5.41, 5.74) is 2.71. The van der Waals surface area contributed by atoms with Gasteiger partial charge in [-0.3, -0.25) is 14.5 Å². The number of thioether (sulfide) groups is 1. The summed E-state index contributed by atoms with van der Waals surface area (Å²) in [7, 11) is 0. The number of para-hydroxylation sites is 1. The molecule has 2 aliphatic rings. The fraction of sp³-hybridized carbons (Fsp3) is 0.174. The number of benzene rings is 2. The number of furan rings is 1. The van der Waals surface area contributed by atoms with Crippen LogP contribution in [0.2, 0.25) is 0 Å². The molecule has 0 N–H and O–H groups in total. The van der Waals surface area contributed by atoms with Crippen molar-refractivity contribution in [2.45, 2.75) is 26.3 Å². The van der Waals surface area contributed by atoms with E-state index in [2.05, 4.69) is 4.99 Å². The molecule has 0 unspecified atom stereocenters. The third-order valence-electron chi connectivity index (χ3n) is 4.94. The normalized spacial score (nSPS) is 17.4. The van der Waals surface area contributed by atoms with Crippen LogP contribution in [0.25, 0.3) is 17.0 Å². The Morgan fingerprint density at radius 3 is 2.77 bits per heavy atom. The molecule has 7 heteroatoms. The number of carbonyl (C=O) groups is 2. The van der Waals surface area contributed by atoms with Gasteiger partial charge < -0.3 is 9.15 Å².